The standard InChI is InChI=1S/C15H22N4O3S2/c1-18(2)24(21,22)12-7-5-6-11(10-12)17-15(23)19-9-4-3-8-13(19)14(16)20/h5-7,10,13H,3-4,8-9H2,1-2H3,(H2,16,20)(H,17,23). The summed E-state index contributed by atoms with van der Waals surface area (Å²) < 4.78 is 25.6. The van der Waals surface area contributed by atoms with E-state index in [1.807, 2.05) is 0 Å². The number of amides is 1. The average Bonchev–Trinajstić information content (AvgIpc) is 2.54. The molecule has 1 aliphatic rings. The lowest BCUT2D eigenvalue weighted by molar-refractivity contribution is -0.122. The van der Waals surface area contributed by atoms with Gasteiger partial charge in [0.15, 0.2) is 5.11 Å². The van der Waals surface area contributed by atoms with Gasteiger partial charge in [-0.3, -0.25) is 4.79 Å². The molecule has 0 saturated carbocycles. The van der Waals surface area contributed by atoms with E-state index in [0.717, 1.165) is 17.1 Å². The number of hydrogen-bond acceptors (Lipinski definition) is 4. The van der Waals surface area contributed by atoms with Crippen LogP contribution in [0.1, 0.15) is 19.3 Å². The zero-order chi connectivity index (χ0) is 17.9. The zero-order valence-corrected chi connectivity index (χ0v) is 15.4. The molecule has 1 amide bonds. The third-order valence-electron chi connectivity index (χ3n) is 3.96. The molecule has 1 aliphatic heterocycles. The highest BCUT2D eigenvalue weighted by Gasteiger charge is 2.28. The molecule has 3 N–H and O–H groups in total. The van der Waals surface area contributed by atoms with Crippen LogP contribution in [-0.2, 0) is 14.8 Å². The van der Waals surface area contributed by atoms with Gasteiger partial charge < -0.3 is 16.0 Å². The molecule has 132 valence electrons. The summed E-state index contributed by atoms with van der Waals surface area (Å²) >= 11 is 5.39. The van der Waals surface area contributed by atoms with Gasteiger partial charge in [-0.2, -0.15) is 0 Å². The molecule has 2 rings (SSSR count). The van der Waals surface area contributed by atoms with Crippen LogP contribution in [0.3, 0.4) is 0 Å². The van der Waals surface area contributed by atoms with E-state index in [4.69, 9.17) is 18.0 Å². The Labute approximate surface area is 147 Å². The summed E-state index contributed by atoms with van der Waals surface area (Å²) in [6, 6.07) is 5.99. The van der Waals surface area contributed by atoms with Gasteiger partial charge in [0.2, 0.25) is 15.9 Å². The number of rotatable bonds is 4. The van der Waals surface area contributed by atoms with E-state index in [-0.39, 0.29) is 4.90 Å². The first kappa shape index (κ1) is 18.6. The monoisotopic (exact) mass is 370 g/mol. The molecule has 0 radical (unpaired) electrons. The van der Waals surface area contributed by atoms with Crippen molar-refractivity contribution in [1.29, 1.82) is 0 Å². The average molecular weight is 371 g/mol. The number of piperidine rings is 1. The molecule has 0 spiro atoms. The number of carbonyl (C=O) groups excluding carboxylic acids is 1. The molecule has 1 unspecified atom stereocenters. The molecular formula is C15H22N4O3S2. The van der Waals surface area contributed by atoms with Crippen molar-refractivity contribution in [3.05, 3.63) is 24.3 Å². The van der Waals surface area contributed by atoms with Crippen LogP contribution in [0.5, 0.6) is 0 Å². The van der Waals surface area contributed by atoms with Crippen molar-refractivity contribution in [3.63, 3.8) is 0 Å². The molecule has 0 bridgehead atoms. The van der Waals surface area contributed by atoms with Crippen molar-refractivity contribution in [3.8, 4) is 0 Å². The topological polar surface area (TPSA) is 95.7 Å². The van der Waals surface area contributed by atoms with E-state index in [9.17, 15) is 13.2 Å². The summed E-state index contributed by atoms with van der Waals surface area (Å²) in [7, 11) is -0.567. The molecule has 1 aromatic rings. The predicted octanol–water partition coefficient (Wildman–Crippen LogP) is 0.974. The maximum absolute atomic E-state index is 12.2. The summed E-state index contributed by atoms with van der Waals surface area (Å²) in [5.41, 5.74) is 6.00. The molecule has 1 fully saturated rings. The minimum Gasteiger partial charge on any atom is -0.368 e. The number of carbonyl (C=O) groups is 1. The summed E-state index contributed by atoms with van der Waals surface area (Å²) in [6.45, 7) is 0.648. The Kier molecular flexibility index (Phi) is 5.79. The molecule has 1 atom stereocenters. The number of sulfonamides is 1. The van der Waals surface area contributed by atoms with Crippen LogP contribution in [0.4, 0.5) is 5.69 Å². The lowest BCUT2D eigenvalue weighted by Gasteiger charge is -2.35. The van der Waals surface area contributed by atoms with Gasteiger partial charge in [0.05, 0.1) is 4.90 Å². The number of hydrogen-bond donors (Lipinski definition) is 2. The molecule has 0 aliphatic carbocycles. The fraction of sp³-hybridized carbons (Fsp3) is 0.467. The first-order valence-corrected chi connectivity index (χ1v) is 9.48. The third-order valence-corrected chi connectivity index (χ3v) is 6.10. The normalized spacial score (nSPS) is 18.5. The molecule has 24 heavy (non-hydrogen) atoms. The number of nitrogens with two attached hydrogens (primary N) is 1. The minimum atomic E-state index is -3.52. The fourth-order valence-corrected chi connectivity index (χ4v) is 3.90. The highest BCUT2D eigenvalue weighted by molar-refractivity contribution is 7.89. The van der Waals surface area contributed by atoms with E-state index in [1.165, 1.54) is 26.2 Å². The largest absolute Gasteiger partial charge is 0.368 e. The molecule has 9 heteroatoms. The zero-order valence-electron chi connectivity index (χ0n) is 13.7. The van der Waals surface area contributed by atoms with Gasteiger partial charge in [-0.05, 0) is 49.7 Å². The summed E-state index contributed by atoms with van der Waals surface area (Å²) in [5, 5.41) is 3.39. The Balaban J connectivity index is 2.19. The number of likely N-dealkylation sites (tertiary alicyclic amines) is 1. The number of thiocarbonyl (C=S) groups is 1. The second-order valence-corrected chi connectivity index (χ2v) is 8.39. The molecule has 7 nitrogen and oxygen atoms in total. The number of nitrogens with one attached hydrogen (secondary N) is 1. The van der Waals surface area contributed by atoms with E-state index < -0.39 is 22.0 Å². The van der Waals surface area contributed by atoms with Crippen molar-refractivity contribution in [2.45, 2.75) is 30.2 Å². The number of benzene rings is 1. The second kappa shape index (κ2) is 7.45. The minimum absolute atomic E-state index is 0.172. The van der Waals surface area contributed by atoms with E-state index in [2.05, 4.69) is 5.32 Å². The van der Waals surface area contributed by atoms with Crippen molar-refractivity contribution in [2.24, 2.45) is 5.73 Å². The fourth-order valence-electron chi connectivity index (χ4n) is 2.61. The Morgan fingerprint density at radius 2 is 2.08 bits per heavy atom. The molecular weight excluding hydrogens is 348 g/mol. The van der Waals surface area contributed by atoms with Gasteiger partial charge in [-0.25, -0.2) is 12.7 Å². The van der Waals surface area contributed by atoms with Gasteiger partial charge in [0.1, 0.15) is 6.04 Å². The van der Waals surface area contributed by atoms with Gasteiger partial charge in [0.25, 0.3) is 0 Å². The van der Waals surface area contributed by atoms with Gasteiger partial charge >= 0.3 is 0 Å². The number of primary amides is 1. The van der Waals surface area contributed by atoms with Crippen LogP contribution < -0.4 is 11.1 Å². The SMILES string of the molecule is CN(C)S(=O)(=O)c1cccc(NC(=S)N2CCCCC2C(N)=O)c1. The van der Waals surface area contributed by atoms with Crippen molar-refractivity contribution in [1.82, 2.24) is 9.21 Å². The van der Waals surface area contributed by atoms with Gasteiger partial charge in [0, 0.05) is 26.3 Å². The van der Waals surface area contributed by atoms with E-state index >= 15 is 0 Å². The van der Waals surface area contributed by atoms with Crippen molar-refractivity contribution in [2.75, 3.05) is 26.0 Å². The lowest BCUT2D eigenvalue weighted by atomic mass is 10.0. The molecule has 1 saturated heterocycles. The van der Waals surface area contributed by atoms with E-state index in [0.29, 0.717) is 23.8 Å². The van der Waals surface area contributed by atoms with Crippen LogP contribution in [0, 0.1) is 0 Å². The van der Waals surface area contributed by atoms with E-state index in [1.54, 1.807) is 17.0 Å². The van der Waals surface area contributed by atoms with Crippen molar-refractivity contribution < 1.29 is 13.2 Å². The molecule has 1 aromatic carbocycles. The Morgan fingerprint density at radius 3 is 2.71 bits per heavy atom. The van der Waals surface area contributed by atoms with Crippen LogP contribution in [0.25, 0.3) is 0 Å². The van der Waals surface area contributed by atoms with Crippen LogP contribution in [0.15, 0.2) is 29.2 Å². The Bertz CT molecular complexity index is 734. The molecule has 0 aromatic heterocycles. The van der Waals surface area contributed by atoms with Crippen LogP contribution in [-0.4, -0.2) is 55.3 Å². The van der Waals surface area contributed by atoms with Gasteiger partial charge in [-0.15, -0.1) is 0 Å². The smallest absolute Gasteiger partial charge is 0.242 e. The Morgan fingerprint density at radius 1 is 1.38 bits per heavy atom. The highest BCUT2D eigenvalue weighted by atomic mass is 32.2. The third kappa shape index (κ3) is 4.03. The number of anilines is 1. The first-order chi connectivity index (χ1) is 11.2. The summed E-state index contributed by atoms with van der Waals surface area (Å²) in [6.07, 6.45) is 2.54. The first-order valence-electron chi connectivity index (χ1n) is 7.63. The quantitative estimate of drug-likeness (QED) is 0.767. The molecule has 1 heterocycles. The maximum atomic E-state index is 12.2. The summed E-state index contributed by atoms with van der Waals surface area (Å²) in [5.74, 6) is -0.400. The number of nitrogens with zero attached hydrogens (tertiary/aromatic N) is 2. The lowest BCUT2D eigenvalue weighted by Crippen LogP contribution is -2.51. The van der Waals surface area contributed by atoms with Gasteiger partial charge in [-0.1, -0.05) is 6.07 Å². The van der Waals surface area contributed by atoms with Crippen LogP contribution >= 0.6 is 12.2 Å². The Hall–Kier alpha value is -1.71. The highest BCUT2D eigenvalue weighted by Crippen LogP contribution is 2.21. The van der Waals surface area contributed by atoms with Crippen molar-refractivity contribution >= 4 is 38.9 Å². The maximum Gasteiger partial charge on any atom is 0.242 e. The second-order valence-electron chi connectivity index (χ2n) is 5.85. The summed E-state index contributed by atoms with van der Waals surface area (Å²) in [4.78, 5) is 13.5. The predicted molar refractivity (Wildman–Crippen MR) is 97.1 cm³/mol. The van der Waals surface area contributed by atoms with Crippen LogP contribution in [0.2, 0.25) is 0 Å².